The number of nitrogens with one attached hydrogen (secondary N) is 1. The van der Waals surface area contributed by atoms with Crippen LogP contribution >= 0.6 is 11.6 Å². The summed E-state index contributed by atoms with van der Waals surface area (Å²) in [6.07, 6.45) is 4.93. The van der Waals surface area contributed by atoms with Crippen molar-refractivity contribution in [2.24, 2.45) is 5.92 Å². The van der Waals surface area contributed by atoms with Crippen LogP contribution in [0.4, 0.5) is 5.82 Å². The van der Waals surface area contributed by atoms with E-state index in [1.54, 1.807) is 36.9 Å². The molecule has 4 rings (SSSR count). The lowest BCUT2D eigenvalue weighted by molar-refractivity contribution is -0.120. The zero-order valence-corrected chi connectivity index (χ0v) is 19.0. The topological polar surface area (TPSA) is 73.2 Å². The Labute approximate surface area is 192 Å². The number of amides is 1. The lowest BCUT2D eigenvalue weighted by Crippen LogP contribution is -2.29. The van der Waals surface area contributed by atoms with Gasteiger partial charge in [0.15, 0.2) is 0 Å². The van der Waals surface area contributed by atoms with Crippen LogP contribution in [-0.2, 0) is 4.79 Å². The standard InChI is InChI=1S/C25H26ClN3O3/c1-16-23(30)22(18-9-6-10-21(15-18)32-2)24(27-25(31)17-7-4-3-5-8-17)29(28-16)20-13-11-19(26)12-14-20/h6,9-15,17H,3-5,7-8H2,1-2H3,(H,27,31). The van der Waals surface area contributed by atoms with Crippen LogP contribution in [0.3, 0.4) is 0 Å². The summed E-state index contributed by atoms with van der Waals surface area (Å²) in [4.78, 5) is 26.5. The van der Waals surface area contributed by atoms with Crippen LogP contribution in [0.25, 0.3) is 16.8 Å². The normalized spacial score (nSPS) is 14.2. The van der Waals surface area contributed by atoms with E-state index < -0.39 is 0 Å². The van der Waals surface area contributed by atoms with E-state index >= 15 is 0 Å². The molecule has 2 aromatic carbocycles. The van der Waals surface area contributed by atoms with Gasteiger partial charge < -0.3 is 10.1 Å². The van der Waals surface area contributed by atoms with Crippen LogP contribution in [0.2, 0.25) is 5.02 Å². The molecule has 1 aliphatic rings. The van der Waals surface area contributed by atoms with Crippen molar-refractivity contribution in [3.8, 4) is 22.6 Å². The molecule has 7 heteroatoms. The highest BCUT2D eigenvalue weighted by molar-refractivity contribution is 6.30. The summed E-state index contributed by atoms with van der Waals surface area (Å²) in [5, 5.41) is 8.16. The SMILES string of the molecule is COc1cccc(-c2c(NC(=O)C3CCCCC3)n(-c3ccc(Cl)cc3)nc(C)c2=O)c1. The minimum atomic E-state index is -0.234. The Bertz CT molecular complexity index is 1180. The van der Waals surface area contributed by atoms with Crippen molar-refractivity contribution in [2.45, 2.75) is 39.0 Å². The lowest BCUT2D eigenvalue weighted by Gasteiger charge is -2.23. The number of hydrogen-bond donors (Lipinski definition) is 1. The fourth-order valence-corrected chi connectivity index (χ4v) is 4.28. The highest BCUT2D eigenvalue weighted by Gasteiger charge is 2.25. The number of anilines is 1. The van der Waals surface area contributed by atoms with Gasteiger partial charge in [-0.3, -0.25) is 9.59 Å². The molecule has 0 atom stereocenters. The number of carbonyl (C=O) groups excluding carboxylic acids is 1. The van der Waals surface area contributed by atoms with Crippen molar-refractivity contribution < 1.29 is 9.53 Å². The highest BCUT2D eigenvalue weighted by Crippen LogP contribution is 2.31. The third-order valence-electron chi connectivity index (χ3n) is 5.90. The van der Waals surface area contributed by atoms with Crippen LogP contribution in [0.1, 0.15) is 37.8 Å². The predicted molar refractivity (Wildman–Crippen MR) is 127 cm³/mol. The van der Waals surface area contributed by atoms with Gasteiger partial charge in [0.2, 0.25) is 11.3 Å². The van der Waals surface area contributed by atoms with E-state index in [4.69, 9.17) is 16.3 Å². The number of carbonyl (C=O) groups is 1. The maximum Gasteiger partial charge on any atom is 0.228 e. The molecule has 1 heterocycles. The number of aryl methyl sites for hydroxylation is 1. The van der Waals surface area contributed by atoms with Gasteiger partial charge in [-0.1, -0.05) is 43.0 Å². The van der Waals surface area contributed by atoms with Gasteiger partial charge >= 0.3 is 0 Å². The molecule has 3 aromatic rings. The first-order valence-corrected chi connectivity index (χ1v) is 11.2. The van der Waals surface area contributed by atoms with Crippen molar-refractivity contribution >= 4 is 23.3 Å². The first kappa shape index (κ1) is 22.1. The molecular formula is C25H26ClN3O3. The monoisotopic (exact) mass is 451 g/mol. The van der Waals surface area contributed by atoms with Crippen LogP contribution in [0.15, 0.2) is 53.3 Å². The number of nitrogens with zero attached hydrogens (tertiary/aromatic N) is 2. The molecule has 32 heavy (non-hydrogen) atoms. The zero-order valence-electron chi connectivity index (χ0n) is 18.2. The average Bonchev–Trinajstić information content (AvgIpc) is 2.82. The maximum absolute atomic E-state index is 13.3. The Hall–Kier alpha value is -3.12. The second-order valence-electron chi connectivity index (χ2n) is 8.08. The van der Waals surface area contributed by atoms with Gasteiger partial charge in [0.1, 0.15) is 17.3 Å². The first-order chi connectivity index (χ1) is 15.5. The number of aromatic nitrogens is 2. The summed E-state index contributed by atoms with van der Waals surface area (Å²) in [6, 6.07) is 14.4. The summed E-state index contributed by atoms with van der Waals surface area (Å²) in [5.41, 5.74) is 1.83. The average molecular weight is 452 g/mol. The summed E-state index contributed by atoms with van der Waals surface area (Å²) in [5.74, 6) is 0.823. The fraction of sp³-hybridized carbons (Fsp3) is 0.320. The number of rotatable bonds is 5. The van der Waals surface area contributed by atoms with Gasteiger partial charge in [-0.25, -0.2) is 4.68 Å². The van der Waals surface area contributed by atoms with Crippen LogP contribution < -0.4 is 15.5 Å². The number of hydrogen-bond acceptors (Lipinski definition) is 4. The van der Waals surface area contributed by atoms with Gasteiger partial charge in [-0.05, 0) is 61.7 Å². The van der Waals surface area contributed by atoms with Gasteiger partial charge in [-0.15, -0.1) is 0 Å². The van der Waals surface area contributed by atoms with Gasteiger partial charge in [0, 0.05) is 10.9 Å². The third kappa shape index (κ3) is 4.55. The largest absolute Gasteiger partial charge is 0.497 e. The fourth-order valence-electron chi connectivity index (χ4n) is 4.15. The minimum Gasteiger partial charge on any atom is -0.497 e. The molecule has 1 N–H and O–H groups in total. The molecule has 0 bridgehead atoms. The van der Waals surface area contributed by atoms with E-state index in [1.165, 1.54) is 0 Å². The van der Waals surface area contributed by atoms with Crippen molar-refractivity contribution in [1.29, 1.82) is 0 Å². The van der Waals surface area contributed by atoms with Gasteiger partial charge in [0.05, 0.1) is 18.4 Å². The number of methoxy groups -OCH3 is 1. The van der Waals surface area contributed by atoms with E-state index in [0.717, 1.165) is 32.1 Å². The highest BCUT2D eigenvalue weighted by atomic mass is 35.5. The van der Waals surface area contributed by atoms with Crippen molar-refractivity contribution in [2.75, 3.05) is 12.4 Å². The Kier molecular flexibility index (Phi) is 6.61. The van der Waals surface area contributed by atoms with E-state index in [2.05, 4.69) is 10.4 Å². The molecule has 0 aliphatic heterocycles. The zero-order chi connectivity index (χ0) is 22.7. The van der Waals surface area contributed by atoms with Gasteiger partial charge in [-0.2, -0.15) is 5.10 Å². The quantitative estimate of drug-likeness (QED) is 0.564. The maximum atomic E-state index is 13.3. The molecular weight excluding hydrogens is 426 g/mol. The van der Waals surface area contributed by atoms with E-state index in [-0.39, 0.29) is 17.3 Å². The lowest BCUT2D eigenvalue weighted by atomic mass is 9.88. The van der Waals surface area contributed by atoms with E-state index in [9.17, 15) is 9.59 Å². The second kappa shape index (κ2) is 9.57. The number of ether oxygens (including phenoxy) is 1. The second-order valence-corrected chi connectivity index (χ2v) is 8.52. The summed E-state index contributed by atoms with van der Waals surface area (Å²) < 4.78 is 6.98. The molecule has 0 saturated heterocycles. The molecule has 166 valence electrons. The summed E-state index contributed by atoms with van der Waals surface area (Å²) in [6.45, 7) is 1.67. The van der Waals surface area contributed by atoms with Crippen LogP contribution in [-0.4, -0.2) is 22.8 Å². The predicted octanol–water partition coefficient (Wildman–Crippen LogP) is 5.39. The van der Waals surface area contributed by atoms with E-state index in [0.29, 0.717) is 39.1 Å². The van der Waals surface area contributed by atoms with Crippen molar-refractivity contribution in [3.63, 3.8) is 0 Å². The first-order valence-electron chi connectivity index (χ1n) is 10.8. The summed E-state index contributed by atoms with van der Waals surface area (Å²) in [7, 11) is 1.58. The van der Waals surface area contributed by atoms with E-state index in [1.807, 2.05) is 30.3 Å². The third-order valence-corrected chi connectivity index (χ3v) is 6.15. The van der Waals surface area contributed by atoms with Crippen molar-refractivity contribution in [3.05, 3.63) is 69.5 Å². The molecule has 1 aliphatic carbocycles. The van der Waals surface area contributed by atoms with Crippen LogP contribution in [0, 0.1) is 12.8 Å². The molecule has 1 saturated carbocycles. The summed E-state index contributed by atoms with van der Waals surface area (Å²) >= 11 is 6.08. The van der Waals surface area contributed by atoms with Crippen LogP contribution in [0.5, 0.6) is 5.75 Å². The molecule has 0 spiro atoms. The smallest absolute Gasteiger partial charge is 0.228 e. The van der Waals surface area contributed by atoms with Gasteiger partial charge in [0.25, 0.3) is 0 Å². The number of benzene rings is 2. The van der Waals surface area contributed by atoms with Crippen molar-refractivity contribution in [1.82, 2.24) is 9.78 Å². The molecule has 1 aromatic heterocycles. The molecule has 0 unspecified atom stereocenters. The Morgan fingerprint density at radius 3 is 2.53 bits per heavy atom. The Morgan fingerprint density at radius 1 is 1.12 bits per heavy atom. The Morgan fingerprint density at radius 2 is 1.84 bits per heavy atom. The molecule has 1 amide bonds. The molecule has 0 radical (unpaired) electrons. The minimum absolute atomic E-state index is 0.0722. The molecule has 6 nitrogen and oxygen atoms in total. The Balaban J connectivity index is 1.91. The number of halogens is 1. The molecule has 1 fully saturated rings.